The van der Waals surface area contributed by atoms with Crippen molar-refractivity contribution in [2.24, 2.45) is 0 Å². The minimum atomic E-state index is 0.0365. The van der Waals surface area contributed by atoms with Crippen LogP contribution in [0, 0.1) is 0 Å². The van der Waals surface area contributed by atoms with Crippen LogP contribution in [0.5, 0.6) is 11.5 Å². The number of benzene rings is 2. The topological polar surface area (TPSA) is 88.3 Å². The number of nitrogens with two attached hydrogens (primary N) is 1. The van der Waals surface area contributed by atoms with Crippen molar-refractivity contribution < 1.29 is 13.9 Å². The van der Waals surface area contributed by atoms with Crippen LogP contribution in [0.3, 0.4) is 0 Å². The van der Waals surface area contributed by atoms with Gasteiger partial charge in [0, 0.05) is 17.7 Å². The molecule has 0 amide bonds. The van der Waals surface area contributed by atoms with E-state index < -0.39 is 0 Å². The van der Waals surface area contributed by atoms with Crippen LogP contribution in [-0.2, 0) is 6.54 Å². The normalized spacial score (nSPS) is 16.2. The molecule has 1 aliphatic rings. The molecule has 0 fully saturated rings. The number of ether oxygens (including phenoxy) is 2. The summed E-state index contributed by atoms with van der Waals surface area (Å²) >= 11 is 0. The molecular weight excluding hydrogens is 344 g/mol. The molecule has 2 aromatic carbocycles. The van der Waals surface area contributed by atoms with Crippen LogP contribution >= 0.6 is 0 Å². The molecule has 0 aliphatic carbocycles. The van der Waals surface area contributed by atoms with Crippen LogP contribution in [0.15, 0.2) is 34.7 Å². The van der Waals surface area contributed by atoms with Crippen molar-refractivity contribution in [3.05, 3.63) is 30.3 Å². The molecule has 2 N–H and O–H groups in total. The Bertz CT molecular complexity index is 1180. The Kier molecular flexibility index (Phi) is 3.34. The first-order valence-electron chi connectivity index (χ1n) is 9.02. The van der Waals surface area contributed by atoms with Crippen molar-refractivity contribution in [2.75, 3.05) is 5.73 Å². The van der Waals surface area contributed by atoms with Crippen molar-refractivity contribution in [3.8, 4) is 22.9 Å². The summed E-state index contributed by atoms with van der Waals surface area (Å²) in [5, 5.41) is 0. The van der Waals surface area contributed by atoms with Gasteiger partial charge in [0.1, 0.15) is 34.5 Å². The largest absolute Gasteiger partial charge is 0.491 e. The number of hydrogen-bond acceptors (Lipinski definition) is 6. The lowest BCUT2D eigenvalue weighted by Crippen LogP contribution is -2.24. The fourth-order valence-electron chi connectivity index (χ4n) is 3.63. The molecule has 0 unspecified atom stereocenters. The second-order valence-corrected chi connectivity index (χ2v) is 7.16. The quantitative estimate of drug-likeness (QED) is 0.591. The zero-order valence-electron chi connectivity index (χ0n) is 15.4. The van der Waals surface area contributed by atoms with E-state index in [0.29, 0.717) is 11.1 Å². The Labute approximate surface area is 155 Å². The van der Waals surface area contributed by atoms with E-state index in [2.05, 4.69) is 16.5 Å². The third kappa shape index (κ3) is 2.58. The van der Waals surface area contributed by atoms with Crippen LogP contribution in [0.25, 0.3) is 33.5 Å². The van der Waals surface area contributed by atoms with E-state index in [1.165, 1.54) is 0 Å². The van der Waals surface area contributed by atoms with Gasteiger partial charge in [0.15, 0.2) is 5.58 Å². The summed E-state index contributed by atoms with van der Waals surface area (Å²) in [6, 6.07) is 9.87. The Morgan fingerprint density at radius 1 is 1.19 bits per heavy atom. The average Bonchev–Trinajstić information content (AvgIpc) is 3.13. The summed E-state index contributed by atoms with van der Waals surface area (Å²) < 4.78 is 19.5. The van der Waals surface area contributed by atoms with Crippen LogP contribution in [-0.4, -0.2) is 26.7 Å². The fraction of sp³-hybridized carbons (Fsp3) is 0.300. The van der Waals surface area contributed by atoms with E-state index >= 15 is 0 Å². The molecule has 0 bridgehead atoms. The minimum absolute atomic E-state index is 0.0365. The van der Waals surface area contributed by atoms with Crippen molar-refractivity contribution in [2.45, 2.75) is 39.5 Å². The van der Waals surface area contributed by atoms with E-state index in [4.69, 9.17) is 24.6 Å². The van der Waals surface area contributed by atoms with E-state index in [1.807, 2.05) is 44.2 Å². The van der Waals surface area contributed by atoms with Gasteiger partial charge in [0.25, 0.3) is 6.01 Å². The lowest BCUT2D eigenvalue weighted by atomic mass is 10.2. The standard InChI is InChI=1S/C20H20N4O3/c1-10(2)25-13-7-15-18-17(8-13)26-11(3)9-24(18)19(22-15)12-4-5-16-14(6-12)23-20(21)27-16/h4-8,10-11H,9H2,1-3H3,(H2,21,23)/t11-/m1/s1. The van der Waals surface area contributed by atoms with Crippen molar-refractivity contribution in [1.82, 2.24) is 14.5 Å². The lowest BCUT2D eigenvalue weighted by molar-refractivity contribution is 0.188. The maximum absolute atomic E-state index is 6.06. The molecule has 1 atom stereocenters. The van der Waals surface area contributed by atoms with Gasteiger partial charge >= 0.3 is 0 Å². The van der Waals surface area contributed by atoms with Crippen LogP contribution in [0.4, 0.5) is 6.01 Å². The number of aromatic nitrogens is 3. The van der Waals surface area contributed by atoms with E-state index in [1.54, 1.807) is 0 Å². The maximum Gasteiger partial charge on any atom is 0.292 e. The smallest absolute Gasteiger partial charge is 0.292 e. The van der Waals surface area contributed by atoms with Gasteiger partial charge in [-0.05, 0) is 39.0 Å². The minimum Gasteiger partial charge on any atom is -0.491 e. The van der Waals surface area contributed by atoms with Gasteiger partial charge in [0.2, 0.25) is 0 Å². The summed E-state index contributed by atoms with van der Waals surface area (Å²) in [5.41, 5.74) is 9.84. The van der Waals surface area contributed by atoms with Gasteiger partial charge in [-0.25, -0.2) is 4.98 Å². The summed E-state index contributed by atoms with van der Waals surface area (Å²) in [7, 11) is 0. The Morgan fingerprint density at radius 2 is 2.04 bits per heavy atom. The van der Waals surface area contributed by atoms with Crippen molar-refractivity contribution >= 4 is 28.1 Å². The number of nitrogen functional groups attached to an aromatic ring is 1. The number of hydrogen-bond donors (Lipinski definition) is 1. The van der Waals surface area contributed by atoms with Crippen LogP contribution < -0.4 is 15.2 Å². The highest BCUT2D eigenvalue weighted by atomic mass is 16.5. The molecule has 5 rings (SSSR count). The molecule has 7 nitrogen and oxygen atoms in total. The van der Waals surface area contributed by atoms with E-state index in [9.17, 15) is 0 Å². The highest BCUT2D eigenvalue weighted by Crippen LogP contribution is 2.39. The number of rotatable bonds is 3. The molecule has 138 valence electrons. The molecule has 0 saturated carbocycles. The molecule has 1 aliphatic heterocycles. The molecule has 0 spiro atoms. The number of oxazole rings is 1. The third-order valence-corrected chi connectivity index (χ3v) is 4.58. The van der Waals surface area contributed by atoms with Crippen molar-refractivity contribution in [1.29, 1.82) is 0 Å². The number of imidazole rings is 1. The van der Waals surface area contributed by atoms with Gasteiger partial charge in [-0.15, -0.1) is 0 Å². The van der Waals surface area contributed by atoms with Gasteiger partial charge < -0.3 is 24.2 Å². The number of fused-ring (bicyclic) bond motifs is 1. The molecule has 0 radical (unpaired) electrons. The predicted octanol–water partition coefficient (Wildman–Crippen LogP) is 3.99. The predicted molar refractivity (Wildman–Crippen MR) is 103 cm³/mol. The lowest BCUT2D eigenvalue weighted by Gasteiger charge is -2.24. The monoisotopic (exact) mass is 364 g/mol. The SMILES string of the molecule is CC(C)Oc1cc2c3c(c1)nc(-c1ccc4oc(N)nc4c1)n3C[C@@H](C)O2. The summed E-state index contributed by atoms with van der Waals surface area (Å²) in [6.07, 6.45) is 0.117. The highest BCUT2D eigenvalue weighted by Gasteiger charge is 2.25. The van der Waals surface area contributed by atoms with Gasteiger partial charge in [-0.2, -0.15) is 4.98 Å². The molecular formula is C20H20N4O3. The molecule has 2 aromatic heterocycles. The number of anilines is 1. The van der Waals surface area contributed by atoms with Gasteiger partial charge in [-0.3, -0.25) is 0 Å². The van der Waals surface area contributed by atoms with Gasteiger partial charge in [-0.1, -0.05) is 0 Å². The second-order valence-electron chi connectivity index (χ2n) is 7.16. The Balaban J connectivity index is 1.72. The second kappa shape index (κ2) is 5.64. The Morgan fingerprint density at radius 3 is 2.85 bits per heavy atom. The first kappa shape index (κ1) is 16.0. The first-order chi connectivity index (χ1) is 13.0. The summed E-state index contributed by atoms with van der Waals surface area (Å²) in [5.74, 6) is 2.43. The van der Waals surface area contributed by atoms with Crippen LogP contribution in [0.1, 0.15) is 20.8 Å². The van der Waals surface area contributed by atoms with Crippen molar-refractivity contribution in [3.63, 3.8) is 0 Å². The summed E-state index contributed by atoms with van der Waals surface area (Å²) in [4.78, 5) is 9.12. The molecule has 7 heteroatoms. The first-order valence-corrected chi connectivity index (χ1v) is 9.02. The van der Waals surface area contributed by atoms with Gasteiger partial charge in [0.05, 0.1) is 18.2 Å². The third-order valence-electron chi connectivity index (χ3n) is 4.58. The molecule has 0 saturated heterocycles. The Hall–Kier alpha value is -3.22. The zero-order chi connectivity index (χ0) is 18.7. The fourth-order valence-corrected chi connectivity index (χ4v) is 3.63. The average molecular weight is 364 g/mol. The highest BCUT2D eigenvalue weighted by molar-refractivity contribution is 5.89. The maximum atomic E-state index is 6.06. The molecule has 4 aromatic rings. The van der Waals surface area contributed by atoms with E-state index in [0.717, 1.165) is 40.5 Å². The summed E-state index contributed by atoms with van der Waals surface area (Å²) in [6.45, 7) is 6.78. The zero-order valence-corrected chi connectivity index (χ0v) is 15.4. The van der Waals surface area contributed by atoms with E-state index in [-0.39, 0.29) is 18.2 Å². The number of nitrogens with zero attached hydrogens (tertiary/aromatic N) is 3. The molecule has 3 heterocycles. The van der Waals surface area contributed by atoms with Crippen LogP contribution in [0.2, 0.25) is 0 Å². The molecule has 27 heavy (non-hydrogen) atoms.